The van der Waals surface area contributed by atoms with Crippen LogP contribution in [-0.2, 0) is 0 Å². The zero-order valence-corrected chi connectivity index (χ0v) is 19.6. The first-order chi connectivity index (χ1) is 14.8. The predicted octanol–water partition coefficient (Wildman–Crippen LogP) is 4.68. The van der Waals surface area contributed by atoms with E-state index in [1.807, 2.05) is 18.3 Å². The van der Waals surface area contributed by atoms with Gasteiger partial charge in [0, 0.05) is 29.7 Å². The number of benzene rings is 1. The van der Waals surface area contributed by atoms with Crippen LogP contribution in [0.2, 0.25) is 0 Å². The van der Waals surface area contributed by atoms with Crippen LogP contribution in [0.3, 0.4) is 0 Å². The third-order valence-electron chi connectivity index (χ3n) is 5.62. The average Bonchev–Trinajstić information content (AvgIpc) is 3.19. The fourth-order valence-electron chi connectivity index (χ4n) is 3.98. The van der Waals surface area contributed by atoms with Crippen molar-refractivity contribution in [1.82, 2.24) is 15.0 Å². The van der Waals surface area contributed by atoms with E-state index in [-0.39, 0.29) is 0 Å². The molecule has 8 heteroatoms. The summed E-state index contributed by atoms with van der Waals surface area (Å²) in [7, 11) is 0. The van der Waals surface area contributed by atoms with Gasteiger partial charge in [0.2, 0.25) is 17.8 Å². The van der Waals surface area contributed by atoms with Gasteiger partial charge in [-0.1, -0.05) is 37.8 Å². The van der Waals surface area contributed by atoms with Gasteiger partial charge in [0.05, 0.1) is 6.21 Å². The molecule has 3 heterocycles. The monoisotopic (exact) mass is 519 g/mol. The van der Waals surface area contributed by atoms with E-state index in [0.29, 0.717) is 5.95 Å². The van der Waals surface area contributed by atoms with Crippen LogP contribution in [0.4, 0.5) is 17.8 Å². The minimum absolute atomic E-state index is 0.519. The highest BCUT2D eigenvalue weighted by molar-refractivity contribution is 14.1. The van der Waals surface area contributed by atoms with Crippen molar-refractivity contribution in [3.05, 3.63) is 33.4 Å². The molecule has 7 nitrogen and oxygen atoms in total. The van der Waals surface area contributed by atoms with E-state index in [1.54, 1.807) is 0 Å². The lowest BCUT2D eigenvalue weighted by Crippen LogP contribution is -2.30. The summed E-state index contributed by atoms with van der Waals surface area (Å²) in [5, 5.41) is 4.39. The number of anilines is 3. The van der Waals surface area contributed by atoms with Crippen LogP contribution < -0.4 is 15.2 Å². The van der Waals surface area contributed by atoms with Crippen molar-refractivity contribution in [2.45, 2.75) is 51.4 Å². The lowest BCUT2D eigenvalue weighted by molar-refractivity contribution is 0.726. The number of nitrogens with zero attached hydrogens (tertiary/aromatic N) is 6. The van der Waals surface area contributed by atoms with Crippen LogP contribution in [0, 0.1) is 3.57 Å². The van der Waals surface area contributed by atoms with Gasteiger partial charge in [0.25, 0.3) is 0 Å². The summed E-state index contributed by atoms with van der Waals surface area (Å²) in [4.78, 5) is 18.9. The Labute approximate surface area is 192 Å². The van der Waals surface area contributed by atoms with Gasteiger partial charge in [0.1, 0.15) is 0 Å². The SMILES string of the molecule is Ic1cccc(C=NNc2nc(N3CCCCCC3)nc(N3CCCCCC3)n2)c1. The van der Waals surface area contributed by atoms with Crippen LogP contribution in [0.5, 0.6) is 0 Å². The number of aromatic nitrogens is 3. The second-order valence-electron chi connectivity index (χ2n) is 7.99. The molecule has 1 aromatic heterocycles. The van der Waals surface area contributed by atoms with Crippen molar-refractivity contribution < 1.29 is 0 Å². The fraction of sp³-hybridized carbons (Fsp3) is 0.545. The first-order valence-corrected chi connectivity index (χ1v) is 12.2. The van der Waals surface area contributed by atoms with Crippen LogP contribution in [0.25, 0.3) is 0 Å². The second kappa shape index (κ2) is 10.9. The van der Waals surface area contributed by atoms with Crippen molar-refractivity contribution >= 4 is 46.7 Å². The van der Waals surface area contributed by atoms with E-state index < -0.39 is 0 Å². The molecule has 0 saturated carbocycles. The van der Waals surface area contributed by atoms with Gasteiger partial charge in [-0.2, -0.15) is 20.1 Å². The largest absolute Gasteiger partial charge is 0.341 e. The molecule has 160 valence electrons. The molecule has 2 fully saturated rings. The molecule has 0 unspecified atom stereocenters. The lowest BCUT2D eigenvalue weighted by Gasteiger charge is -2.24. The normalized spacial score (nSPS) is 18.3. The van der Waals surface area contributed by atoms with E-state index >= 15 is 0 Å². The highest BCUT2D eigenvalue weighted by Gasteiger charge is 2.19. The van der Waals surface area contributed by atoms with Crippen molar-refractivity contribution in [3.63, 3.8) is 0 Å². The summed E-state index contributed by atoms with van der Waals surface area (Å²) >= 11 is 2.31. The van der Waals surface area contributed by atoms with Crippen LogP contribution in [0.1, 0.15) is 56.9 Å². The molecule has 0 aliphatic carbocycles. The maximum absolute atomic E-state index is 4.88. The number of hydrogen-bond acceptors (Lipinski definition) is 7. The van der Waals surface area contributed by atoms with Crippen LogP contribution in [-0.4, -0.2) is 47.3 Å². The maximum atomic E-state index is 4.88. The number of rotatable bonds is 5. The zero-order valence-electron chi connectivity index (χ0n) is 17.4. The molecule has 2 aliphatic rings. The molecule has 4 rings (SSSR count). The molecule has 2 aliphatic heterocycles. The van der Waals surface area contributed by atoms with E-state index in [0.717, 1.165) is 43.6 Å². The third kappa shape index (κ3) is 6.02. The number of hydrogen-bond donors (Lipinski definition) is 1. The Balaban J connectivity index is 1.57. The highest BCUT2D eigenvalue weighted by Crippen LogP contribution is 2.22. The molecular weight excluding hydrogens is 489 g/mol. The van der Waals surface area contributed by atoms with Crippen LogP contribution in [0.15, 0.2) is 29.4 Å². The van der Waals surface area contributed by atoms with Gasteiger partial charge in [-0.25, -0.2) is 5.43 Å². The molecule has 30 heavy (non-hydrogen) atoms. The Kier molecular flexibility index (Phi) is 7.71. The Morgan fingerprint density at radius 3 is 1.90 bits per heavy atom. The minimum Gasteiger partial charge on any atom is -0.341 e. The van der Waals surface area contributed by atoms with Crippen molar-refractivity contribution in [2.24, 2.45) is 5.10 Å². The molecule has 0 bridgehead atoms. The molecule has 0 amide bonds. The van der Waals surface area contributed by atoms with Gasteiger partial charge in [-0.15, -0.1) is 0 Å². The number of halogens is 1. The maximum Gasteiger partial charge on any atom is 0.250 e. The summed E-state index contributed by atoms with van der Waals surface area (Å²) in [5.41, 5.74) is 4.10. The molecule has 2 saturated heterocycles. The molecule has 1 N–H and O–H groups in total. The fourth-order valence-corrected chi connectivity index (χ4v) is 4.55. The summed E-state index contributed by atoms with van der Waals surface area (Å²) in [5.74, 6) is 2.07. The Bertz CT molecular complexity index is 803. The Morgan fingerprint density at radius 2 is 1.37 bits per heavy atom. The van der Waals surface area contributed by atoms with Gasteiger partial charge in [-0.05, 0) is 66.0 Å². The Hall–Kier alpha value is -1.97. The van der Waals surface area contributed by atoms with Gasteiger partial charge in [0.15, 0.2) is 0 Å². The highest BCUT2D eigenvalue weighted by atomic mass is 127. The third-order valence-corrected chi connectivity index (χ3v) is 6.29. The second-order valence-corrected chi connectivity index (χ2v) is 9.23. The lowest BCUT2D eigenvalue weighted by atomic mass is 10.2. The summed E-state index contributed by atoms with van der Waals surface area (Å²) in [6.45, 7) is 4.03. The summed E-state index contributed by atoms with van der Waals surface area (Å²) in [6.07, 6.45) is 11.7. The van der Waals surface area contributed by atoms with Gasteiger partial charge >= 0.3 is 0 Å². The summed E-state index contributed by atoms with van der Waals surface area (Å²) < 4.78 is 1.18. The number of nitrogens with one attached hydrogen (secondary N) is 1. The quantitative estimate of drug-likeness (QED) is 0.352. The van der Waals surface area contributed by atoms with Gasteiger partial charge < -0.3 is 9.80 Å². The van der Waals surface area contributed by atoms with Crippen molar-refractivity contribution in [2.75, 3.05) is 41.4 Å². The first-order valence-electron chi connectivity index (χ1n) is 11.1. The molecular formula is C22H30IN7. The summed E-state index contributed by atoms with van der Waals surface area (Å²) in [6, 6.07) is 8.22. The smallest absolute Gasteiger partial charge is 0.250 e. The Morgan fingerprint density at radius 1 is 0.800 bits per heavy atom. The van der Waals surface area contributed by atoms with Crippen molar-refractivity contribution in [1.29, 1.82) is 0 Å². The molecule has 0 atom stereocenters. The molecule has 0 radical (unpaired) electrons. The standard InChI is InChI=1S/C22H30IN7/c23-19-11-9-10-18(16-19)17-24-28-20-25-21(29-12-5-1-2-6-13-29)27-22(26-20)30-14-7-3-4-8-15-30/h9-11,16-17H,1-8,12-15H2,(H,25,26,27,28). The van der Waals surface area contributed by atoms with E-state index in [4.69, 9.17) is 15.0 Å². The number of hydrazone groups is 1. The van der Waals surface area contributed by atoms with Crippen LogP contribution >= 0.6 is 22.6 Å². The molecule has 0 spiro atoms. The predicted molar refractivity (Wildman–Crippen MR) is 132 cm³/mol. The van der Waals surface area contributed by atoms with E-state index in [2.05, 4.69) is 55.1 Å². The molecule has 1 aromatic carbocycles. The molecule has 2 aromatic rings. The van der Waals surface area contributed by atoms with E-state index in [9.17, 15) is 0 Å². The van der Waals surface area contributed by atoms with E-state index in [1.165, 1.54) is 54.9 Å². The van der Waals surface area contributed by atoms with Gasteiger partial charge in [-0.3, -0.25) is 0 Å². The topological polar surface area (TPSA) is 69.5 Å². The minimum atomic E-state index is 0.519. The zero-order chi connectivity index (χ0) is 20.6. The average molecular weight is 519 g/mol. The first kappa shape index (κ1) is 21.3. The van der Waals surface area contributed by atoms with Crippen molar-refractivity contribution in [3.8, 4) is 0 Å².